The lowest BCUT2D eigenvalue weighted by molar-refractivity contribution is -0.0839. The van der Waals surface area contributed by atoms with Gasteiger partial charge >= 0.3 is 7.12 Å². The normalized spacial score (nSPS) is 26.9. The van der Waals surface area contributed by atoms with Gasteiger partial charge in [0.05, 0.1) is 11.2 Å². The Hall–Kier alpha value is -0.945. The van der Waals surface area contributed by atoms with Gasteiger partial charge in [-0.25, -0.2) is 4.39 Å². The summed E-state index contributed by atoms with van der Waals surface area (Å²) in [4.78, 5) is 2.40. The molecule has 3 fully saturated rings. The van der Waals surface area contributed by atoms with E-state index in [2.05, 4.69) is 4.90 Å². The number of hydrogen-bond acceptors (Lipinski definition) is 4. The molecule has 6 heteroatoms. The van der Waals surface area contributed by atoms with Crippen LogP contribution in [0.4, 0.5) is 4.39 Å². The minimum atomic E-state index is -0.649. The molecule has 3 heterocycles. The first-order valence-electron chi connectivity index (χ1n) is 9.64. The van der Waals surface area contributed by atoms with Gasteiger partial charge in [0, 0.05) is 43.7 Å². The fraction of sp³-hybridized carbons (Fsp3) is 0.700. The number of halogens is 1. The molecule has 3 saturated heterocycles. The molecule has 0 unspecified atom stereocenters. The Morgan fingerprint density at radius 3 is 2.23 bits per heavy atom. The second-order valence-corrected chi connectivity index (χ2v) is 9.20. The van der Waals surface area contributed by atoms with Gasteiger partial charge in [-0.2, -0.15) is 0 Å². The van der Waals surface area contributed by atoms with Crippen LogP contribution in [-0.4, -0.2) is 49.5 Å². The van der Waals surface area contributed by atoms with Crippen molar-refractivity contribution >= 4 is 12.6 Å². The maximum Gasteiger partial charge on any atom is 0.497 e. The van der Waals surface area contributed by atoms with Crippen molar-refractivity contribution in [2.24, 2.45) is 5.41 Å². The standard InChI is InChI=1S/C20H29BFNO3/c1-18(2)19(3,4)26-21(25-18)16-6-5-15(11-17(16)22)12-23-13-20(14-23)7-9-24-10-8-20/h5-6,11H,7-10,12-14H2,1-4H3. The summed E-state index contributed by atoms with van der Waals surface area (Å²) < 4.78 is 32.2. The molecular weight excluding hydrogens is 332 g/mol. The van der Waals surface area contributed by atoms with Crippen molar-refractivity contribution in [1.29, 1.82) is 0 Å². The molecule has 0 aromatic heterocycles. The third-order valence-corrected chi connectivity index (χ3v) is 6.65. The molecule has 0 radical (unpaired) electrons. The van der Waals surface area contributed by atoms with E-state index in [-0.39, 0.29) is 5.82 Å². The fourth-order valence-electron chi connectivity index (χ4n) is 4.22. The Balaban J connectivity index is 1.40. The minimum Gasteiger partial charge on any atom is -0.399 e. The van der Waals surface area contributed by atoms with Gasteiger partial charge in [0.1, 0.15) is 5.82 Å². The molecule has 3 aliphatic heterocycles. The molecule has 4 rings (SSSR count). The third-order valence-electron chi connectivity index (χ3n) is 6.65. The summed E-state index contributed by atoms with van der Waals surface area (Å²) in [6, 6.07) is 5.45. The maximum atomic E-state index is 14.7. The summed E-state index contributed by atoms with van der Waals surface area (Å²) in [6.07, 6.45) is 2.30. The van der Waals surface area contributed by atoms with E-state index >= 15 is 0 Å². The van der Waals surface area contributed by atoms with Crippen LogP contribution in [0.2, 0.25) is 0 Å². The zero-order valence-electron chi connectivity index (χ0n) is 16.3. The molecular formula is C20H29BFNO3. The molecule has 1 aromatic carbocycles. The van der Waals surface area contributed by atoms with E-state index in [9.17, 15) is 4.39 Å². The molecule has 3 aliphatic rings. The summed E-state index contributed by atoms with van der Waals surface area (Å²) in [6.45, 7) is 12.7. The highest BCUT2D eigenvalue weighted by Crippen LogP contribution is 2.40. The Bertz CT molecular complexity index is 664. The second-order valence-electron chi connectivity index (χ2n) is 9.20. The Labute approximate surface area is 156 Å². The van der Waals surface area contributed by atoms with Gasteiger partial charge in [0.2, 0.25) is 0 Å². The van der Waals surface area contributed by atoms with E-state index in [1.807, 2.05) is 39.8 Å². The fourth-order valence-corrected chi connectivity index (χ4v) is 4.22. The molecule has 142 valence electrons. The molecule has 0 atom stereocenters. The SMILES string of the molecule is CC1(C)OB(c2ccc(CN3CC4(CCOCC4)C3)cc2F)OC1(C)C. The lowest BCUT2D eigenvalue weighted by atomic mass is 9.73. The number of benzene rings is 1. The van der Waals surface area contributed by atoms with E-state index < -0.39 is 18.3 Å². The number of rotatable bonds is 3. The van der Waals surface area contributed by atoms with Gasteiger partial charge in [-0.05, 0) is 52.2 Å². The van der Waals surface area contributed by atoms with E-state index in [0.717, 1.165) is 51.3 Å². The van der Waals surface area contributed by atoms with Crippen LogP contribution in [-0.2, 0) is 20.6 Å². The molecule has 0 bridgehead atoms. The van der Waals surface area contributed by atoms with Crippen LogP contribution in [0, 0.1) is 11.2 Å². The van der Waals surface area contributed by atoms with Crippen LogP contribution in [0.25, 0.3) is 0 Å². The number of nitrogens with zero attached hydrogens (tertiary/aromatic N) is 1. The zero-order chi connectivity index (χ0) is 18.6. The summed E-state index contributed by atoms with van der Waals surface area (Å²) in [7, 11) is -0.649. The van der Waals surface area contributed by atoms with Gasteiger partial charge in [-0.1, -0.05) is 12.1 Å². The zero-order valence-corrected chi connectivity index (χ0v) is 16.3. The topological polar surface area (TPSA) is 30.9 Å². The number of hydrogen-bond donors (Lipinski definition) is 0. The summed E-state index contributed by atoms with van der Waals surface area (Å²) in [5.74, 6) is -0.248. The Morgan fingerprint density at radius 1 is 1.04 bits per heavy atom. The predicted molar refractivity (Wildman–Crippen MR) is 99.9 cm³/mol. The highest BCUT2D eigenvalue weighted by atomic mass is 19.1. The van der Waals surface area contributed by atoms with Crippen LogP contribution in [0.1, 0.15) is 46.1 Å². The molecule has 1 spiro atoms. The van der Waals surface area contributed by atoms with Crippen molar-refractivity contribution in [3.8, 4) is 0 Å². The van der Waals surface area contributed by atoms with Crippen LogP contribution < -0.4 is 5.46 Å². The van der Waals surface area contributed by atoms with Crippen molar-refractivity contribution < 1.29 is 18.4 Å². The first-order chi connectivity index (χ1) is 12.2. The molecule has 0 saturated carbocycles. The smallest absolute Gasteiger partial charge is 0.399 e. The largest absolute Gasteiger partial charge is 0.497 e. The second kappa shape index (κ2) is 6.30. The van der Waals surface area contributed by atoms with Gasteiger partial charge in [0.15, 0.2) is 0 Å². The lowest BCUT2D eigenvalue weighted by Crippen LogP contribution is -2.57. The van der Waals surface area contributed by atoms with E-state index in [0.29, 0.717) is 10.9 Å². The molecule has 1 aromatic rings. The van der Waals surface area contributed by atoms with Crippen molar-refractivity contribution in [2.75, 3.05) is 26.3 Å². The first kappa shape index (κ1) is 18.4. The van der Waals surface area contributed by atoms with E-state index in [4.69, 9.17) is 14.0 Å². The number of ether oxygens (including phenoxy) is 1. The van der Waals surface area contributed by atoms with Crippen LogP contribution in [0.15, 0.2) is 18.2 Å². The molecule has 26 heavy (non-hydrogen) atoms. The van der Waals surface area contributed by atoms with Crippen molar-refractivity contribution in [1.82, 2.24) is 4.90 Å². The Kier molecular flexibility index (Phi) is 4.46. The quantitative estimate of drug-likeness (QED) is 0.775. The van der Waals surface area contributed by atoms with Gasteiger partial charge in [0.25, 0.3) is 0 Å². The monoisotopic (exact) mass is 361 g/mol. The van der Waals surface area contributed by atoms with Gasteiger partial charge in [-0.3, -0.25) is 4.90 Å². The van der Waals surface area contributed by atoms with Crippen molar-refractivity contribution in [3.05, 3.63) is 29.6 Å². The van der Waals surface area contributed by atoms with Gasteiger partial charge in [-0.15, -0.1) is 0 Å². The van der Waals surface area contributed by atoms with E-state index in [1.165, 1.54) is 0 Å². The minimum absolute atomic E-state index is 0.248. The predicted octanol–water partition coefficient (Wildman–Crippen LogP) is 2.74. The molecule has 4 nitrogen and oxygen atoms in total. The maximum absolute atomic E-state index is 14.7. The lowest BCUT2D eigenvalue weighted by Gasteiger charge is -2.52. The number of likely N-dealkylation sites (tertiary alicyclic amines) is 1. The highest BCUT2D eigenvalue weighted by molar-refractivity contribution is 6.62. The van der Waals surface area contributed by atoms with Crippen LogP contribution >= 0.6 is 0 Å². The Morgan fingerprint density at radius 2 is 1.65 bits per heavy atom. The average molecular weight is 361 g/mol. The van der Waals surface area contributed by atoms with Crippen LogP contribution in [0.3, 0.4) is 0 Å². The van der Waals surface area contributed by atoms with E-state index in [1.54, 1.807) is 6.07 Å². The summed E-state index contributed by atoms with van der Waals surface area (Å²) in [5, 5.41) is 0. The third kappa shape index (κ3) is 3.22. The summed E-state index contributed by atoms with van der Waals surface area (Å²) >= 11 is 0. The molecule has 0 amide bonds. The molecule has 0 N–H and O–H groups in total. The van der Waals surface area contributed by atoms with Gasteiger partial charge < -0.3 is 14.0 Å². The molecule has 0 aliphatic carbocycles. The van der Waals surface area contributed by atoms with Crippen molar-refractivity contribution in [3.63, 3.8) is 0 Å². The summed E-state index contributed by atoms with van der Waals surface area (Å²) in [5.41, 5.74) is 1.01. The van der Waals surface area contributed by atoms with Crippen LogP contribution in [0.5, 0.6) is 0 Å². The van der Waals surface area contributed by atoms with Crippen molar-refractivity contribution in [2.45, 2.75) is 58.3 Å². The first-order valence-corrected chi connectivity index (χ1v) is 9.64. The average Bonchev–Trinajstić information content (AvgIpc) is 2.75. The highest BCUT2D eigenvalue weighted by Gasteiger charge is 2.52.